The van der Waals surface area contributed by atoms with Crippen molar-refractivity contribution in [2.75, 3.05) is 27.4 Å². The molecule has 1 aliphatic heterocycles. The van der Waals surface area contributed by atoms with Crippen LogP contribution >= 0.6 is 15.9 Å². The molecule has 2 atom stereocenters. The second-order valence-corrected chi connectivity index (χ2v) is 12.7. The van der Waals surface area contributed by atoms with Gasteiger partial charge in [-0.2, -0.15) is 0 Å². The number of benzene rings is 3. The van der Waals surface area contributed by atoms with Gasteiger partial charge in [-0.15, -0.1) is 0 Å². The van der Waals surface area contributed by atoms with Gasteiger partial charge in [-0.05, 0) is 81.3 Å². The third-order valence-corrected chi connectivity index (χ3v) is 7.80. The molecule has 0 bridgehead atoms. The molecule has 0 unspecified atom stereocenters. The van der Waals surface area contributed by atoms with Gasteiger partial charge in [0.1, 0.15) is 22.8 Å². The topological polar surface area (TPSA) is 125 Å². The molecule has 10 nitrogen and oxygen atoms in total. The Hall–Kier alpha value is -4.09. The van der Waals surface area contributed by atoms with Gasteiger partial charge in [-0.3, -0.25) is 9.59 Å². The second kappa shape index (κ2) is 15.5. The van der Waals surface area contributed by atoms with Crippen molar-refractivity contribution in [3.8, 4) is 17.2 Å². The predicted octanol–water partition coefficient (Wildman–Crippen LogP) is 5.92. The number of amides is 1. The SMILES string of the molecule is COc1ccc(CNC(=O)[C@]2(CCC(=O)OC(C)(C)C)N=C(c3ccc(OCCCO)cc3)O[C@@H]2c2ccc(Br)cc2)c(OC)c1. The summed E-state index contributed by atoms with van der Waals surface area (Å²) in [6.45, 7) is 5.95. The van der Waals surface area contributed by atoms with Crippen molar-refractivity contribution in [2.45, 2.75) is 63.8 Å². The summed E-state index contributed by atoms with van der Waals surface area (Å²) >= 11 is 3.49. The number of carbonyl (C=O) groups excluding carboxylic acids is 2. The van der Waals surface area contributed by atoms with Gasteiger partial charge >= 0.3 is 5.97 Å². The predicted molar refractivity (Wildman–Crippen MR) is 177 cm³/mol. The van der Waals surface area contributed by atoms with Crippen LogP contribution in [0.1, 0.15) is 62.8 Å². The Morgan fingerprint density at radius 3 is 2.33 bits per heavy atom. The van der Waals surface area contributed by atoms with Gasteiger partial charge in [-0.25, -0.2) is 4.99 Å². The van der Waals surface area contributed by atoms with Crippen molar-refractivity contribution in [3.63, 3.8) is 0 Å². The van der Waals surface area contributed by atoms with Crippen molar-refractivity contribution in [2.24, 2.45) is 4.99 Å². The maximum Gasteiger partial charge on any atom is 0.306 e. The molecule has 0 radical (unpaired) electrons. The number of aliphatic hydroxyl groups is 1. The third kappa shape index (κ3) is 8.79. The Kier molecular flexibility index (Phi) is 11.7. The van der Waals surface area contributed by atoms with E-state index >= 15 is 0 Å². The molecule has 0 fully saturated rings. The summed E-state index contributed by atoms with van der Waals surface area (Å²) in [4.78, 5) is 32.4. The zero-order valence-corrected chi connectivity index (χ0v) is 28.4. The molecule has 1 aliphatic rings. The molecule has 246 valence electrons. The lowest BCUT2D eigenvalue weighted by Gasteiger charge is -2.31. The van der Waals surface area contributed by atoms with E-state index in [1.54, 1.807) is 71.4 Å². The molecule has 1 amide bonds. The van der Waals surface area contributed by atoms with Gasteiger partial charge in [0.2, 0.25) is 5.90 Å². The molecular formula is C35H41BrN2O8. The highest BCUT2D eigenvalue weighted by atomic mass is 79.9. The van der Waals surface area contributed by atoms with Gasteiger partial charge < -0.3 is 34.1 Å². The van der Waals surface area contributed by atoms with Crippen LogP contribution in [0.15, 0.2) is 76.2 Å². The fourth-order valence-corrected chi connectivity index (χ4v) is 5.28. The van der Waals surface area contributed by atoms with Crippen LogP contribution in [0.5, 0.6) is 17.2 Å². The first-order valence-corrected chi connectivity index (χ1v) is 15.8. The Bertz CT molecular complexity index is 1520. The normalized spacial score (nSPS) is 17.5. The molecule has 3 aromatic rings. The van der Waals surface area contributed by atoms with E-state index in [4.69, 9.17) is 33.8 Å². The quantitative estimate of drug-likeness (QED) is 0.157. The number of nitrogens with one attached hydrogen (secondary N) is 1. The number of esters is 1. The number of methoxy groups -OCH3 is 2. The number of ether oxygens (including phenoxy) is 5. The van der Waals surface area contributed by atoms with E-state index in [0.29, 0.717) is 41.4 Å². The zero-order valence-electron chi connectivity index (χ0n) is 26.8. The standard InChI is InChI=1S/C35H41BrN2O8/c1-34(2,3)46-30(40)17-18-35(33(41)37-22-25-11-16-28(42-4)21-29(25)43-5)31(23-7-12-26(36)13-8-23)45-32(38-35)24-9-14-27(15-10-24)44-20-6-19-39/h7-16,21,31,39H,6,17-20,22H2,1-5H3,(H,37,41)/t31-,35-/m1/s1. The van der Waals surface area contributed by atoms with E-state index in [1.165, 1.54) is 0 Å². The average molecular weight is 698 g/mol. The highest BCUT2D eigenvalue weighted by Crippen LogP contribution is 2.44. The number of aliphatic imine (C=N–C) groups is 1. The zero-order chi connectivity index (χ0) is 33.3. The number of halogens is 1. The van der Waals surface area contributed by atoms with Gasteiger partial charge in [0.05, 0.1) is 20.8 Å². The van der Waals surface area contributed by atoms with Crippen LogP contribution in [0.3, 0.4) is 0 Å². The molecule has 0 aromatic heterocycles. The molecular weight excluding hydrogens is 656 g/mol. The fourth-order valence-electron chi connectivity index (χ4n) is 5.02. The molecule has 0 aliphatic carbocycles. The molecule has 2 N–H and O–H groups in total. The first kappa shape index (κ1) is 34.8. The van der Waals surface area contributed by atoms with E-state index in [1.807, 2.05) is 30.3 Å². The first-order valence-electron chi connectivity index (χ1n) is 15.0. The lowest BCUT2D eigenvalue weighted by Crippen LogP contribution is -2.48. The number of hydrogen-bond donors (Lipinski definition) is 2. The monoisotopic (exact) mass is 696 g/mol. The van der Waals surface area contributed by atoms with Gasteiger partial charge in [0.25, 0.3) is 5.91 Å². The van der Waals surface area contributed by atoms with Crippen LogP contribution in [0.4, 0.5) is 0 Å². The fraction of sp³-hybridized carbons (Fsp3) is 0.400. The highest BCUT2D eigenvalue weighted by Gasteiger charge is 2.53. The number of aliphatic hydroxyl groups excluding tert-OH is 1. The summed E-state index contributed by atoms with van der Waals surface area (Å²) in [5, 5.41) is 12.1. The number of nitrogens with zero attached hydrogens (tertiary/aromatic N) is 1. The maximum atomic E-state index is 14.4. The van der Waals surface area contributed by atoms with E-state index in [2.05, 4.69) is 21.2 Å². The Balaban J connectivity index is 1.73. The smallest absolute Gasteiger partial charge is 0.306 e. The summed E-state index contributed by atoms with van der Waals surface area (Å²) in [7, 11) is 3.12. The van der Waals surface area contributed by atoms with E-state index in [9.17, 15) is 9.59 Å². The Labute approximate surface area is 278 Å². The number of rotatable bonds is 14. The van der Waals surface area contributed by atoms with Crippen LogP contribution in [0.2, 0.25) is 0 Å². The first-order chi connectivity index (χ1) is 22.0. The lowest BCUT2D eigenvalue weighted by atomic mass is 9.83. The van der Waals surface area contributed by atoms with Crippen LogP contribution in [0, 0.1) is 0 Å². The van der Waals surface area contributed by atoms with Crippen LogP contribution in [-0.4, -0.2) is 61.5 Å². The number of hydrogen-bond acceptors (Lipinski definition) is 9. The summed E-state index contributed by atoms with van der Waals surface area (Å²) in [6.07, 6.45) is -0.373. The van der Waals surface area contributed by atoms with Crippen molar-refractivity contribution in [3.05, 3.63) is 87.9 Å². The van der Waals surface area contributed by atoms with E-state index in [-0.39, 0.29) is 31.9 Å². The molecule has 0 saturated heterocycles. The maximum absolute atomic E-state index is 14.4. The minimum Gasteiger partial charge on any atom is -0.497 e. The number of carbonyl (C=O) groups is 2. The largest absolute Gasteiger partial charge is 0.497 e. The van der Waals surface area contributed by atoms with Crippen LogP contribution < -0.4 is 19.5 Å². The van der Waals surface area contributed by atoms with Crippen LogP contribution in [-0.2, 0) is 25.6 Å². The van der Waals surface area contributed by atoms with E-state index in [0.717, 1.165) is 10.0 Å². The molecule has 11 heteroatoms. The van der Waals surface area contributed by atoms with Crippen molar-refractivity contribution >= 4 is 33.7 Å². The van der Waals surface area contributed by atoms with Gasteiger partial charge in [0, 0.05) is 47.7 Å². The molecule has 46 heavy (non-hydrogen) atoms. The molecule has 0 saturated carbocycles. The minimum absolute atomic E-state index is 0.0279. The summed E-state index contributed by atoms with van der Waals surface area (Å²) in [5.41, 5.74) is -0.119. The van der Waals surface area contributed by atoms with Crippen molar-refractivity contribution in [1.82, 2.24) is 5.32 Å². The highest BCUT2D eigenvalue weighted by molar-refractivity contribution is 9.10. The summed E-state index contributed by atoms with van der Waals surface area (Å²) < 4.78 is 29.5. The van der Waals surface area contributed by atoms with Crippen molar-refractivity contribution < 1.29 is 38.4 Å². The molecule has 0 spiro atoms. The summed E-state index contributed by atoms with van der Waals surface area (Å²) in [6, 6.07) is 20.0. The van der Waals surface area contributed by atoms with Gasteiger partial charge in [0.15, 0.2) is 11.6 Å². The van der Waals surface area contributed by atoms with Crippen molar-refractivity contribution in [1.29, 1.82) is 0 Å². The lowest BCUT2D eigenvalue weighted by molar-refractivity contribution is -0.155. The Morgan fingerprint density at radius 2 is 1.70 bits per heavy atom. The third-order valence-electron chi connectivity index (χ3n) is 7.27. The second-order valence-electron chi connectivity index (χ2n) is 11.8. The van der Waals surface area contributed by atoms with E-state index < -0.39 is 29.1 Å². The Morgan fingerprint density at radius 1 is 1.00 bits per heavy atom. The van der Waals surface area contributed by atoms with Crippen LogP contribution in [0.25, 0.3) is 0 Å². The molecule has 4 rings (SSSR count). The van der Waals surface area contributed by atoms with Gasteiger partial charge in [-0.1, -0.05) is 28.1 Å². The average Bonchev–Trinajstić information content (AvgIpc) is 3.43. The molecule has 1 heterocycles. The minimum atomic E-state index is -1.52. The summed E-state index contributed by atoms with van der Waals surface area (Å²) in [5.74, 6) is 1.21. The molecule has 3 aromatic carbocycles.